The SMILES string of the molecule is COc1ccc(C2/C(=C(\O)c3ccccc3)C(=O)C(=O)N2CC(C)N)cc1. The number of hydrogen-bond acceptors (Lipinski definition) is 5. The Labute approximate surface area is 157 Å². The third-order valence-electron chi connectivity index (χ3n) is 4.50. The van der Waals surface area contributed by atoms with Crippen molar-refractivity contribution in [1.82, 2.24) is 4.90 Å². The predicted octanol–water partition coefficient (Wildman–Crippen LogP) is 2.46. The monoisotopic (exact) mass is 366 g/mol. The van der Waals surface area contributed by atoms with Gasteiger partial charge in [0.25, 0.3) is 11.7 Å². The average Bonchev–Trinajstić information content (AvgIpc) is 2.92. The van der Waals surface area contributed by atoms with Crippen LogP contribution in [0.3, 0.4) is 0 Å². The average molecular weight is 366 g/mol. The van der Waals surface area contributed by atoms with E-state index in [4.69, 9.17) is 10.5 Å². The second-order valence-corrected chi connectivity index (χ2v) is 6.57. The molecule has 6 nitrogen and oxygen atoms in total. The summed E-state index contributed by atoms with van der Waals surface area (Å²) in [7, 11) is 1.56. The number of aliphatic hydroxyl groups is 1. The largest absolute Gasteiger partial charge is 0.507 e. The summed E-state index contributed by atoms with van der Waals surface area (Å²) < 4.78 is 5.18. The fraction of sp³-hybridized carbons (Fsp3) is 0.238. The Kier molecular flexibility index (Phi) is 5.28. The van der Waals surface area contributed by atoms with Gasteiger partial charge in [0.15, 0.2) is 0 Å². The van der Waals surface area contributed by atoms with E-state index in [-0.39, 0.29) is 23.9 Å². The van der Waals surface area contributed by atoms with E-state index in [9.17, 15) is 14.7 Å². The predicted molar refractivity (Wildman–Crippen MR) is 102 cm³/mol. The minimum absolute atomic E-state index is 0.0667. The van der Waals surface area contributed by atoms with E-state index in [1.165, 1.54) is 4.90 Å². The van der Waals surface area contributed by atoms with Crippen LogP contribution in [0.1, 0.15) is 24.1 Å². The van der Waals surface area contributed by atoms with Crippen molar-refractivity contribution in [1.29, 1.82) is 0 Å². The lowest BCUT2D eigenvalue weighted by Gasteiger charge is -2.26. The van der Waals surface area contributed by atoms with Crippen LogP contribution in [0.5, 0.6) is 5.75 Å². The summed E-state index contributed by atoms with van der Waals surface area (Å²) in [5, 5.41) is 10.8. The first kappa shape index (κ1) is 18.7. The molecule has 0 aromatic heterocycles. The summed E-state index contributed by atoms with van der Waals surface area (Å²) >= 11 is 0. The van der Waals surface area contributed by atoms with Gasteiger partial charge >= 0.3 is 0 Å². The van der Waals surface area contributed by atoms with Crippen LogP contribution in [0, 0.1) is 0 Å². The molecule has 0 bridgehead atoms. The summed E-state index contributed by atoms with van der Waals surface area (Å²) in [5.41, 5.74) is 7.14. The highest BCUT2D eigenvalue weighted by molar-refractivity contribution is 6.46. The molecule has 1 fully saturated rings. The number of likely N-dealkylation sites (tertiary alicyclic amines) is 1. The second kappa shape index (κ2) is 7.63. The van der Waals surface area contributed by atoms with Crippen LogP contribution in [0.2, 0.25) is 0 Å². The van der Waals surface area contributed by atoms with Crippen LogP contribution in [-0.4, -0.2) is 41.4 Å². The van der Waals surface area contributed by atoms with Gasteiger partial charge in [-0.1, -0.05) is 42.5 Å². The second-order valence-electron chi connectivity index (χ2n) is 6.57. The molecule has 1 aliphatic rings. The molecule has 2 aromatic carbocycles. The number of nitrogens with two attached hydrogens (primary N) is 1. The van der Waals surface area contributed by atoms with E-state index in [0.29, 0.717) is 16.9 Å². The Morgan fingerprint density at radius 1 is 1.15 bits per heavy atom. The summed E-state index contributed by atoms with van der Waals surface area (Å²) in [6.45, 7) is 1.97. The van der Waals surface area contributed by atoms with E-state index >= 15 is 0 Å². The highest BCUT2D eigenvalue weighted by atomic mass is 16.5. The summed E-state index contributed by atoms with van der Waals surface area (Å²) in [5.74, 6) is -0.906. The van der Waals surface area contributed by atoms with E-state index in [0.717, 1.165) is 0 Å². The first-order chi connectivity index (χ1) is 12.9. The first-order valence-electron chi connectivity index (χ1n) is 8.67. The molecular weight excluding hydrogens is 344 g/mol. The van der Waals surface area contributed by atoms with Gasteiger partial charge in [0.05, 0.1) is 18.7 Å². The number of carbonyl (C=O) groups is 2. The number of amides is 1. The molecule has 1 aliphatic heterocycles. The van der Waals surface area contributed by atoms with Crippen LogP contribution in [0.4, 0.5) is 0 Å². The maximum absolute atomic E-state index is 12.7. The lowest BCUT2D eigenvalue weighted by atomic mass is 9.95. The van der Waals surface area contributed by atoms with Crippen LogP contribution < -0.4 is 10.5 Å². The molecule has 1 heterocycles. The molecule has 0 spiro atoms. The third-order valence-corrected chi connectivity index (χ3v) is 4.50. The van der Waals surface area contributed by atoms with Gasteiger partial charge in [-0.15, -0.1) is 0 Å². The molecule has 2 aromatic rings. The molecule has 140 valence electrons. The zero-order chi connectivity index (χ0) is 19.6. The lowest BCUT2D eigenvalue weighted by Crippen LogP contribution is -2.38. The number of nitrogens with zero attached hydrogens (tertiary/aromatic N) is 1. The molecule has 3 rings (SSSR count). The van der Waals surface area contributed by atoms with Crippen LogP contribution >= 0.6 is 0 Å². The van der Waals surface area contributed by atoms with Gasteiger partial charge in [-0.3, -0.25) is 9.59 Å². The Bertz CT molecular complexity index is 873. The molecule has 1 amide bonds. The number of rotatable bonds is 5. The minimum Gasteiger partial charge on any atom is -0.507 e. The van der Waals surface area contributed by atoms with Crippen molar-refractivity contribution >= 4 is 17.4 Å². The molecule has 0 aliphatic carbocycles. The fourth-order valence-corrected chi connectivity index (χ4v) is 3.26. The van der Waals surface area contributed by atoms with Gasteiger partial charge in [-0.05, 0) is 24.6 Å². The Hall–Kier alpha value is -3.12. The standard InChI is InChI=1S/C21H22N2O4/c1-13(22)12-23-18(14-8-10-16(27-2)11-9-14)17(20(25)21(23)26)19(24)15-6-4-3-5-7-15/h3-11,13,18,24H,12,22H2,1-2H3/b19-17+. The van der Waals surface area contributed by atoms with Crippen molar-refractivity contribution in [2.24, 2.45) is 5.73 Å². The fourth-order valence-electron chi connectivity index (χ4n) is 3.26. The number of ketones is 1. The summed E-state index contributed by atoms with van der Waals surface area (Å²) in [4.78, 5) is 26.8. The number of ether oxygens (including phenoxy) is 1. The maximum Gasteiger partial charge on any atom is 0.295 e. The molecule has 0 radical (unpaired) electrons. The molecule has 6 heteroatoms. The molecule has 2 unspecified atom stereocenters. The van der Waals surface area contributed by atoms with Crippen LogP contribution in [-0.2, 0) is 9.59 Å². The normalized spacial score (nSPS) is 20.0. The molecular formula is C21H22N2O4. The quantitative estimate of drug-likeness (QED) is 0.482. The number of carbonyl (C=O) groups excluding carboxylic acids is 2. The van der Waals surface area contributed by atoms with E-state index in [1.807, 2.05) is 6.07 Å². The molecule has 0 saturated carbocycles. The van der Waals surface area contributed by atoms with E-state index in [1.54, 1.807) is 62.6 Å². The van der Waals surface area contributed by atoms with Crippen LogP contribution in [0.25, 0.3) is 5.76 Å². The molecule has 1 saturated heterocycles. The van der Waals surface area contributed by atoms with Crippen molar-refractivity contribution in [3.05, 3.63) is 71.3 Å². The van der Waals surface area contributed by atoms with Gasteiger partial charge in [0.1, 0.15) is 11.5 Å². The molecule has 3 N–H and O–H groups in total. The first-order valence-corrected chi connectivity index (χ1v) is 8.67. The van der Waals surface area contributed by atoms with Gasteiger partial charge in [-0.2, -0.15) is 0 Å². The molecule has 2 atom stereocenters. The number of Topliss-reactive ketones (excluding diaryl/α,β-unsaturated/α-hetero) is 1. The van der Waals surface area contributed by atoms with Gasteiger partial charge in [-0.25, -0.2) is 0 Å². The zero-order valence-electron chi connectivity index (χ0n) is 15.3. The van der Waals surface area contributed by atoms with Crippen molar-refractivity contribution < 1.29 is 19.4 Å². The number of benzene rings is 2. The summed E-state index contributed by atoms with van der Waals surface area (Å²) in [6.07, 6.45) is 0. The third kappa shape index (κ3) is 3.57. The smallest absolute Gasteiger partial charge is 0.295 e. The van der Waals surface area contributed by atoms with E-state index in [2.05, 4.69) is 0 Å². The van der Waals surface area contributed by atoms with Crippen molar-refractivity contribution in [3.8, 4) is 5.75 Å². The van der Waals surface area contributed by atoms with Gasteiger partial charge < -0.3 is 20.5 Å². The highest BCUT2D eigenvalue weighted by Gasteiger charge is 2.46. The van der Waals surface area contributed by atoms with Crippen molar-refractivity contribution in [3.63, 3.8) is 0 Å². The molecule has 27 heavy (non-hydrogen) atoms. The summed E-state index contributed by atoms with van der Waals surface area (Å²) in [6, 6.07) is 14.8. The van der Waals surface area contributed by atoms with Crippen LogP contribution in [0.15, 0.2) is 60.2 Å². The number of aliphatic hydroxyl groups excluding tert-OH is 1. The zero-order valence-corrected chi connectivity index (χ0v) is 15.3. The maximum atomic E-state index is 12.7. The van der Waals surface area contributed by atoms with Gasteiger partial charge in [0.2, 0.25) is 0 Å². The van der Waals surface area contributed by atoms with Gasteiger partial charge in [0, 0.05) is 18.2 Å². The Morgan fingerprint density at radius 3 is 2.33 bits per heavy atom. The highest BCUT2D eigenvalue weighted by Crippen LogP contribution is 2.39. The lowest BCUT2D eigenvalue weighted by molar-refractivity contribution is -0.140. The number of hydrogen-bond donors (Lipinski definition) is 2. The van der Waals surface area contributed by atoms with Crippen molar-refractivity contribution in [2.75, 3.05) is 13.7 Å². The van der Waals surface area contributed by atoms with E-state index < -0.39 is 17.7 Å². The topological polar surface area (TPSA) is 92.9 Å². The Balaban J connectivity index is 2.16. The van der Waals surface area contributed by atoms with Crippen molar-refractivity contribution in [2.45, 2.75) is 19.0 Å². The number of methoxy groups -OCH3 is 1. The minimum atomic E-state index is -0.710. The Morgan fingerprint density at radius 2 is 1.78 bits per heavy atom.